The van der Waals surface area contributed by atoms with E-state index in [1.807, 2.05) is 17.0 Å². The Bertz CT molecular complexity index is 2610. The number of rotatable bonds is 11. The second kappa shape index (κ2) is 16.7. The number of ether oxygens (including phenoxy) is 1. The first-order valence-corrected chi connectivity index (χ1v) is 22.4. The summed E-state index contributed by atoms with van der Waals surface area (Å²) in [6, 6.07) is 16.3. The lowest BCUT2D eigenvalue weighted by Gasteiger charge is -2.44. The van der Waals surface area contributed by atoms with Gasteiger partial charge < -0.3 is 19.5 Å². The number of nitriles is 1. The van der Waals surface area contributed by atoms with Crippen molar-refractivity contribution in [2.45, 2.75) is 96.1 Å². The minimum atomic E-state index is -1.04. The summed E-state index contributed by atoms with van der Waals surface area (Å²) in [5.74, 6) is -1.76. The standard InChI is InChI=1S/C49H53N7O7/c1-4-30-26-34-35(49(2,3)45-43(44(34)59)32-13-12-29(28-50)25-36(32)51-45)27-38(30)54-18-16-31(17-19-54)53-20-22-55(23-21-53)41(58)11-6-5-7-24-63-39-10-8-9-33-42(39)48(62)56(47(33)61)37-14-15-40(57)52-46(37)60/h8-10,12-13,25-27,31,37,51H,4-7,11,14-24H2,1-3H3,(H,52,57,60). The molecule has 0 bridgehead atoms. The number of fused-ring (bicyclic) bond motifs is 5. The fourth-order valence-electron chi connectivity index (χ4n) is 10.5. The lowest BCUT2D eigenvalue weighted by molar-refractivity contribution is -0.136. The zero-order valence-electron chi connectivity index (χ0n) is 36.2. The first-order valence-electron chi connectivity index (χ1n) is 22.4. The van der Waals surface area contributed by atoms with Gasteiger partial charge in [-0.05, 0) is 92.5 Å². The molecule has 63 heavy (non-hydrogen) atoms. The number of hydrogen-bond donors (Lipinski definition) is 2. The smallest absolute Gasteiger partial charge is 0.266 e. The number of imide groups is 2. The van der Waals surface area contributed by atoms with Crippen LogP contribution in [-0.4, -0.2) is 113 Å². The van der Waals surface area contributed by atoms with E-state index in [0.717, 1.165) is 84.5 Å². The fraction of sp³-hybridized carbons (Fsp3) is 0.449. The van der Waals surface area contributed by atoms with Gasteiger partial charge in [0.15, 0.2) is 5.78 Å². The van der Waals surface area contributed by atoms with Crippen molar-refractivity contribution in [3.8, 4) is 11.8 Å². The molecule has 4 aromatic rings. The predicted molar refractivity (Wildman–Crippen MR) is 235 cm³/mol. The van der Waals surface area contributed by atoms with Crippen molar-refractivity contribution in [1.82, 2.24) is 25.0 Å². The van der Waals surface area contributed by atoms with E-state index < -0.39 is 35.1 Å². The fourth-order valence-corrected chi connectivity index (χ4v) is 10.5. The Morgan fingerprint density at radius 1 is 0.873 bits per heavy atom. The highest BCUT2D eigenvalue weighted by molar-refractivity contribution is 6.24. The molecule has 5 amide bonds. The van der Waals surface area contributed by atoms with Gasteiger partial charge in [-0.15, -0.1) is 0 Å². The minimum Gasteiger partial charge on any atom is -0.493 e. The molecule has 2 N–H and O–H groups in total. The van der Waals surface area contributed by atoms with Crippen molar-refractivity contribution in [1.29, 1.82) is 5.26 Å². The number of piperidine rings is 2. The number of anilines is 1. The van der Waals surface area contributed by atoms with Crippen LogP contribution in [0.5, 0.6) is 5.75 Å². The average molecular weight is 852 g/mol. The lowest BCUT2D eigenvalue weighted by atomic mass is 9.70. The second-order valence-electron chi connectivity index (χ2n) is 18.0. The topological polar surface area (TPSA) is 176 Å². The van der Waals surface area contributed by atoms with E-state index in [1.54, 1.807) is 24.3 Å². The summed E-state index contributed by atoms with van der Waals surface area (Å²) < 4.78 is 5.97. The normalized spacial score (nSPS) is 20.1. The maximum absolute atomic E-state index is 14.1. The van der Waals surface area contributed by atoms with Crippen molar-refractivity contribution >= 4 is 51.9 Å². The van der Waals surface area contributed by atoms with Gasteiger partial charge in [-0.3, -0.25) is 43.9 Å². The molecule has 3 saturated heterocycles. The predicted octanol–water partition coefficient (Wildman–Crippen LogP) is 5.63. The molecule has 1 aliphatic carbocycles. The van der Waals surface area contributed by atoms with E-state index in [4.69, 9.17) is 4.74 Å². The summed E-state index contributed by atoms with van der Waals surface area (Å²) in [5.41, 5.74) is 7.05. The molecule has 3 fully saturated rings. The molecule has 4 aliphatic heterocycles. The quantitative estimate of drug-likeness (QED) is 0.142. The molecule has 0 saturated carbocycles. The van der Waals surface area contributed by atoms with Crippen LogP contribution < -0.4 is 15.0 Å². The molecule has 1 unspecified atom stereocenters. The molecule has 5 heterocycles. The van der Waals surface area contributed by atoms with Crippen LogP contribution in [0.1, 0.15) is 131 Å². The molecule has 326 valence electrons. The molecule has 9 rings (SSSR count). The van der Waals surface area contributed by atoms with Crippen LogP contribution in [0.25, 0.3) is 10.9 Å². The number of carbonyl (C=O) groups excluding carboxylic acids is 6. The number of unbranched alkanes of at least 4 members (excludes halogenated alkanes) is 2. The number of piperazine rings is 1. The number of ketones is 1. The van der Waals surface area contributed by atoms with E-state index in [9.17, 15) is 34.0 Å². The third-order valence-corrected chi connectivity index (χ3v) is 14.0. The monoisotopic (exact) mass is 851 g/mol. The molecule has 0 radical (unpaired) electrons. The molecule has 3 aromatic carbocycles. The molecule has 1 atom stereocenters. The van der Waals surface area contributed by atoms with Crippen molar-refractivity contribution in [2.75, 3.05) is 50.8 Å². The summed E-state index contributed by atoms with van der Waals surface area (Å²) in [6.45, 7) is 11.8. The van der Waals surface area contributed by atoms with Crippen molar-refractivity contribution in [3.63, 3.8) is 0 Å². The van der Waals surface area contributed by atoms with Crippen LogP contribution in [0.3, 0.4) is 0 Å². The summed E-state index contributed by atoms with van der Waals surface area (Å²) in [6.07, 6.45) is 5.63. The Morgan fingerprint density at radius 2 is 1.65 bits per heavy atom. The maximum atomic E-state index is 14.1. The van der Waals surface area contributed by atoms with Crippen LogP contribution in [0.15, 0.2) is 48.5 Å². The van der Waals surface area contributed by atoms with Crippen LogP contribution >= 0.6 is 0 Å². The van der Waals surface area contributed by atoms with Gasteiger partial charge in [0, 0.05) is 91.4 Å². The number of carbonyl (C=O) groups is 6. The Kier molecular flexibility index (Phi) is 11.2. The lowest BCUT2D eigenvalue weighted by Crippen LogP contribution is -2.54. The number of nitrogens with zero attached hydrogens (tertiary/aromatic N) is 5. The molecular formula is C49H53N7O7. The summed E-state index contributed by atoms with van der Waals surface area (Å²) in [4.78, 5) is 89.4. The number of nitrogens with one attached hydrogen (secondary N) is 2. The number of H-pyrrole nitrogens is 1. The number of amides is 5. The average Bonchev–Trinajstić information content (AvgIpc) is 3.81. The van der Waals surface area contributed by atoms with Crippen LogP contribution in [0.2, 0.25) is 0 Å². The van der Waals surface area contributed by atoms with Crippen LogP contribution in [0.4, 0.5) is 5.69 Å². The highest BCUT2D eigenvalue weighted by Crippen LogP contribution is 2.46. The van der Waals surface area contributed by atoms with E-state index in [2.05, 4.69) is 59.1 Å². The highest BCUT2D eigenvalue weighted by Gasteiger charge is 2.46. The van der Waals surface area contributed by atoms with E-state index >= 15 is 0 Å². The Morgan fingerprint density at radius 3 is 2.38 bits per heavy atom. The number of aromatic nitrogens is 1. The summed E-state index contributed by atoms with van der Waals surface area (Å²) in [7, 11) is 0. The van der Waals surface area contributed by atoms with Crippen molar-refractivity contribution in [2.24, 2.45) is 0 Å². The molecule has 1 aromatic heterocycles. The molecule has 14 nitrogen and oxygen atoms in total. The summed E-state index contributed by atoms with van der Waals surface area (Å²) in [5, 5.41) is 12.6. The molecule has 14 heteroatoms. The zero-order valence-corrected chi connectivity index (χ0v) is 36.2. The Hall–Kier alpha value is -6.33. The van der Waals surface area contributed by atoms with Gasteiger partial charge in [-0.25, -0.2) is 0 Å². The van der Waals surface area contributed by atoms with Crippen LogP contribution in [-0.2, 0) is 26.2 Å². The number of benzene rings is 3. The van der Waals surface area contributed by atoms with Gasteiger partial charge in [0.05, 0.1) is 34.9 Å². The van der Waals surface area contributed by atoms with E-state index in [-0.39, 0.29) is 41.4 Å². The molecular weight excluding hydrogens is 799 g/mol. The SMILES string of the molecule is CCc1cc2c(cc1N1CCC(N3CCN(C(=O)CCCCCOc4cccc5c4C(=O)N(C4CCC(=O)NC4=O)C5=O)CC3)CC1)C(C)(C)c1[nH]c3cc(C#N)ccc3c1C2=O. The highest BCUT2D eigenvalue weighted by atomic mass is 16.5. The second-order valence-corrected chi connectivity index (χ2v) is 18.0. The Labute approximate surface area is 366 Å². The first-order chi connectivity index (χ1) is 30.4. The largest absolute Gasteiger partial charge is 0.493 e. The molecule has 5 aliphatic rings. The van der Waals surface area contributed by atoms with E-state index in [0.29, 0.717) is 56.1 Å². The Balaban J connectivity index is 0.733. The van der Waals surface area contributed by atoms with Gasteiger partial charge in [-0.1, -0.05) is 32.9 Å². The first kappa shape index (κ1) is 42.0. The third-order valence-electron chi connectivity index (χ3n) is 14.0. The minimum absolute atomic E-state index is 0.0352. The number of aromatic amines is 1. The van der Waals surface area contributed by atoms with Gasteiger partial charge in [0.25, 0.3) is 11.8 Å². The molecule has 0 spiro atoms. The number of aryl methyl sites for hydroxylation is 1. The van der Waals surface area contributed by atoms with Gasteiger partial charge in [0.2, 0.25) is 17.7 Å². The van der Waals surface area contributed by atoms with Crippen LogP contribution in [0, 0.1) is 11.3 Å². The van der Waals surface area contributed by atoms with Crippen molar-refractivity contribution < 1.29 is 33.5 Å². The maximum Gasteiger partial charge on any atom is 0.266 e. The third kappa shape index (κ3) is 7.45. The van der Waals surface area contributed by atoms with Gasteiger partial charge >= 0.3 is 0 Å². The van der Waals surface area contributed by atoms with Crippen molar-refractivity contribution in [3.05, 3.63) is 93.2 Å². The zero-order chi connectivity index (χ0) is 44.2. The number of hydrogen-bond acceptors (Lipinski definition) is 10. The van der Waals surface area contributed by atoms with E-state index in [1.165, 1.54) is 11.3 Å². The van der Waals surface area contributed by atoms with Gasteiger partial charge in [0.1, 0.15) is 11.8 Å². The van der Waals surface area contributed by atoms with Gasteiger partial charge in [-0.2, -0.15) is 5.26 Å². The summed E-state index contributed by atoms with van der Waals surface area (Å²) >= 11 is 0.